The Bertz CT molecular complexity index is 899. The van der Waals surface area contributed by atoms with Crippen molar-refractivity contribution in [2.75, 3.05) is 7.11 Å². The number of rotatable bonds is 2. The second kappa shape index (κ2) is 6.72. The Kier molecular flexibility index (Phi) is 4.49. The number of allylic oxidation sites excluding steroid dienone is 2. The summed E-state index contributed by atoms with van der Waals surface area (Å²) in [5.74, 6) is 7.74. The average molecular weight is 321 g/mol. The SMILES string of the molecule is BC1=C(C#C/C=C/c2nc3ccc(OC)cc3s2)CCC(N)=N1. The van der Waals surface area contributed by atoms with E-state index in [1.807, 2.05) is 38.2 Å². The molecule has 1 aromatic carbocycles. The van der Waals surface area contributed by atoms with E-state index in [-0.39, 0.29) is 0 Å². The average Bonchev–Trinajstić information content (AvgIpc) is 2.94. The highest BCUT2D eigenvalue weighted by molar-refractivity contribution is 7.19. The molecule has 114 valence electrons. The van der Waals surface area contributed by atoms with Crippen LogP contribution in [-0.2, 0) is 0 Å². The molecule has 0 saturated heterocycles. The molecule has 4 nitrogen and oxygen atoms in total. The number of aliphatic imine (C=N–C) groups is 1. The number of ether oxygens (including phenoxy) is 1. The molecule has 3 rings (SSSR count). The van der Waals surface area contributed by atoms with Crippen LogP contribution in [0.3, 0.4) is 0 Å². The number of nitrogens with two attached hydrogens (primary N) is 1. The fraction of sp³-hybridized carbons (Fsp3) is 0.176. The van der Waals surface area contributed by atoms with Crippen LogP contribution in [0.4, 0.5) is 0 Å². The molecule has 1 aromatic heterocycles. The largest absolute Gasteiger partial charge is 0.497 e. The van der Waals surface area contributed by atoms with Gasteiger partial charge in [0.1, 0.15) is 10.8 Å². The lowest BCUT2D eigenvalue weighted by molar-refractivity contribution is 0.415. The minimum absolute atomic E-state index is 0.688. The Morgan fingerprint density at radius 3 is 3.04 bits per heavy atom. The molecule has 6 heteroatoms. The highest BCUT2D eigenvalue weighted by atomic mass is 32.1. The normalized spacial score (nSPS) is 14.7. The van der Waals surface area contributed by atoms with Gasteiger partial charge in [-0.05, 0) is 36.8 Å². The predicted molar refractivity (Wildman–Crippen MR) is 99.4 cm³/mol. The fourth-order valence-electron chi connectivity index (χ4n) is 2.29. The molecule has 0 saturated carbocycles. The first kappa shape index (κ1) is 15.4. The molecule has 0 amide bonds. The summed E-state index contributed by atoms with van der Waals surface area (Å²) in [6.07, 6.45) is 5.41. The summed E-state index contributed by atoms with van der Waals surface area (Å²) in [5, 5.41) is 0.930. The number of hydrogen-bond donors (Lipinski definition) is 1. The number of methoxy groups -OCH3 is 1. The predicted octanol–water partition coefficient (Wildman–Crippen LogP) is 2.32. The van der Waals surface area contributed by atoms with E-state index in [4.69, 9.17) is 10.5 Å². The first-order chi connectivity index (χ1) is 11.2. The topological polar surface area (TPSA) is 60.5 Å². The van der Waals surface area contributed by atoms with E-state index in [1.165, 1.54) is 0 Å². The Balaban J connectivity index is 1.77. The quantitative estimate of drug-likeness (QED) is 0.682. The van der Waals surface area contributed by atoms with Crippen molar-refractivity contribution in [2.24, 2.45) is 10.7 Å². The molecule has 23 heavy (non-hydrogen) atoms. The van der Waals surface area contributed by atoms with Gasteiger partial charge in [0, 0.05) is 17.6 Å². The molecule has 1 aliphatic rings. The number of benzene rings is 1. The molecule has 0 fully saturated rings. The van der Waals surface area contributed by atoms with Crippen LogP contribution >= 0.6 is 11.3 Å². The lowest BCUT2D eigenvalue weighted by Crippen LogP contribution is -2.15. The van der Waals surface area contributed by atoms with E-state index in [0.29, 0.717) is 5.84 Å². The minimum atomic E-state index is 0.688. The Morgan fingerprint density at radius 2 is 2.26 bits per heavy atom. The van der Waals surface area contributed by atoms with Gasteiger partial charge >= 0.3 is 0 Å². The summed E-state index contributed by atoms with van der Waals surface area (Å²) in [6, 6.07) is 5.88. The number of aromatic nitrogens is 1. The molecular weight excluding hydrogens is 305 g/mol. The van der Waals surface area contributed by atoms with Gasteiger partial charge in [0.05, 0.1) is 23.2 Å². The zero-order chi connectivity index (χ0) is 16.2. The van der Waals surface area contributed by atoms with E-state index >= 15 is 0 Å². The van der Waals surface area contributed by atoms with Crippen LogP contribution in [0.1, 0.15) is 17.8 Å². The van der Waals surface area contributed by atoms with Gasteiger partial charge in [-0.2, -0.15) is 0 Å². The van der Waals surface area contributed by atoms with Crippen molar-refractivity contribution in [1.82, 2.24) is 4.98 Å². The first-order valence-electron chi connectivity index (χ1n) is 7.31. The molecule has 0 bridgehead atoms. The van der Waals surface area contributed by atoms with Crippen LogP contribution in [0.2, 0.25) is 0 Å². The molecule has 0 aliphatic carbocycles. The second-order valence-electron chi connectivity index (χ2n) is 5.16. The number of hydrogen-bond acceptors (Lipinski definition) is 5. The van der Waals surface area contributed by atoms with Crippen molar-refractivity contribution < 1.29 is 4.74 Å². The van der Waals surface area contributed by atoms with Crippen molar-refractivity contribution in [3.05, 3.63) is 40.5 Å². The maximum atomic E-state index is 5.71. The summed E-state index contributed by atoms with van der Waals surface area (Å²) in [6.45, 7) is 0. The number of amidine groups is 1. The van der Waals surface area contributed by atoms with Gasteiger partial charge in [-0.25, -0.2) is 4.98 Å². The highest BCUT2D eigenvalue weighted by Gasteiger charge is 2.07. The standard InChI is InChI=1S/C17H16BN3OS/c1-22-12-7-8-13-14(10-12)23-16(20-13)5-3-2-4-11-6-9-15(19)21-17(11)18/h3,5,7-8,10H,6,9,18H2,1H3,(H2,19,21)/b5-3+. The maximum absolute atomic E-state index is 5.71. The van der Waals surface area contributed by atoms with Crippen LogP contribution in [0.25, 0.3) is 16.3 Å². The third-order valence-corrected chi connectivity index (χ3v) is 4.51. The van der Waals surface area contributed by atoms with Crippen molar-refractivity contribution in [3.63, 3.8) is 0 Å². The molecular formula is C17H16BN3OS. The summed E-state index contributed by atoms with van der Waals surface area (Å²) in [4.78, 5) is 8.83. The molecule has 1 aliphatic heterocycles. The summed E-state index contributed by atoms with van der Waals surface area (Å²) >= 11 is 1.62. The van der Waals surface area contributed by atoms with Crippen molar-refractivity contribution >= 4 is 41.3 Å². The molecule has 2 heterocycles. The summed E-state index contributed by atoms with van der Waals surface area (Å²) in [5.41, 5.74) is 8.66. The third kappa shape index (κ3) is 3.63. The molecule has 2 aromatic rings. The zero-order valence-electron chi connectivity index (χ0n) is 13.1. The van der Waals surface area contributed by atoms with E-state index in [9.17, 15) is 0 Å². The van der Waals surface area contributed by atoms with Crippen molar-refractivity contribution in [3.8, 4) is 17.6 Å². The third-order valence-electron chi connectivity index (χ3n) is 3.52. The first-order valence-corrected chi connectivity index (χ1v) is 8.13. The second-order valence-corrected chi connectivity index (χ2v) is 6.22. The lowest BCUT2D eigenvalue weighted by Gasteiger charge is -2.09. The number of fused-ring (bicyclic) bond motifs is 1. The lowest BCUT2D eigenvalue weighted by atomic mass is 9.93. The van der Waals surface area contributed by atoms with Gasteiger partial charge in [-0.3, -0.25) is 4.99 Å². The Hall–Kier alpha value is -2.52. The molecule has 0 unspecified atom stereocenters. The van der Waals surface area contributed by atoms with Gasteiger partial charge in [-0.15, -0.1) is 11.3 Å². The van der Waals surface area contributed by atoms with Crippen molar-refractivity contribution in [1.29, 1.82) is 0 Å². The van der Waals surface area contributed by atoms with Gasteiger partial charge in [-0.1, -0.05) is 11.8 Å². The summed E-state index contributed by atoms with van der Waals surface area (Å²) in [7, 11) is 3.61. The van der Waals surface area contributed by atoms with Crippen LogP contribution in [0, 0.1) is 11.8 Å². The zero-order valence-corrected chi connectivity index (χ0v) is 13.9. The van der Waals surface area contributed by atoms with Crippen LogP contribution < -0.4 is 10.5 Å². The van der Waals surface area contributed by atoms with E-state index in [2.05, 4.69) is 21.8 Å². The van der Waals surface area contributed by atoms with E-state index < -0.39 is 0 Å². The Morgan fingerprint density at radius 1 is 1.39 bits per heavy atom. The van der Waals surface area contributed by atoms with E-state index in [1.54, 1.807) is 18.4 Å². The number of thiazole rings is 1. The van der Waals surface area contributed by atoms with Gasteiger partial charge in [0.25, 0.3) is 0 Å². The maximum Gasteiger partial charge on any atom is 0.165 e. The number of nitrogens with zero attached hydrogens (tertiary/aromatic N) is 2. The Labute approximate surface area is 140 Å². The van der Waals surface area contributed by atoms with Crippen LogP contribution in [0.5, 0.6) is 5.75 Å². The molecule has 0 atom stereocenters. The van der Waals surface area contributed by atoms with Gasteiger partial charge < -0.3 is 10.5 Å². The molecule has 0 spiro atoms. The molecule has 0 radical (unpaired) electrons. The smallest absolute Gasteiger partial charge is 0.165 e. The summed E-state index contributed by atoms with van der Waals surface area (Å²) < 4.78 is 6.33. The van der Waals surface area contributed by atoms with Crippen molar-refractivity contribution in [2.45, 2.75) is 12.8 Å². The molecule has 2 N–H and O–H groups in total. The minimum Gasteiger partial charge on any atom is -0.497 e. The highest BCUT2D eigenvalue weighted by Crippen LogP contribution is 2.26. The van der Waals surface area contributed by atoms with Gasteiger partial charge in [0.15, 0.2) is 7.85 Å². The van der Waals surface area contributed by atoms with E-state index in [0.717, 1.165) is 45.0 Å². The fourth-order valence-corrected chi connectivity index (χ4v) is 3.19. The van der Waals surface area contributed by atoms with Gasteiger partial charge in [0.2, 0.25) is 0 Å². The van der Waals surface area contributed by atoms with Crippen LogP contribution in [-0.4, -0.2) is 25.8 Å². The van der Waals surface area contributed by atoms with Crippen LogP contribution in [0.15, 0.2) is 40.4 Å². The monoisotopic (exact) mass is 321 g/mol.